The van der Waals surface area contributed by atoms with Crippen molar-refractivity contribution in [1.82, 2.24) is 10.1 Å². The van der Waals surface area contributed by atoms with E-state index in [-0.39, 0.29) is 5.82 Å². The van der Waals surface area contributed by atoms with Crippen LogP contribution in [0.4, 0.5) is 4.39 Å². The third-order valence-electron chi connectivity index (χ3n) is 2.96. The van der Waals surface area contributed by atoms with Gasteiger partial charge in [0.15, 0.2) is 5.82 Å². The molecule has 1 aliphatic carbocycles. The summed E-state index contributed by atoms with van der Waals surface area (Å²) in [7, 11) is 0. The molecule has 1 unspecified atom stereocenters. The molecule has 1 aromatic heterocycles. The number of nitrogens with two attached hydrogens (primary N) is 1. The summed E-state index contributed by atoms with van der Waals surface area (Å²) in [5.41, 5.74) is 6.65. The summed E-state index contributed by atoms with van der Waals surface area (Å²) in [6, 6.07) is 3.77. The average molecular weight is 312 g/mol. The Morgan fingerprint density at radius 3 is 2.94 bits per heavy atom. The monoisotopic (exact) mass is 311 g/mol. The predicted molar refractivity (Wildman–Crippen MR) is 66.4 cm³/mol. The van der Waals surface area contributed by atoms with E-state index in [1.165, 1.54) is 12.1 Å². The largest absolute Gasteiger partial charge is 0.339 e. The van der Waals surface area contributed by atoms with Gasteiger partial charge in [0.1, 0.15) is 5.82 Å². The zero-order valence-electron chi connectivity index (χ0n) is 9.44. The Labute approximate surface area is 112 Å². The fourth-order valence-electron chi connectivity index (χ4n) is 1.76. The molecule has 1 fully saturated rings. The highest BCUT2D eigenvalue weighted by Gasteiger charge is 2.30. The Morgan fingerprint density at radius 1 is 1.44 bits per heavy atom. The molecule has 1 saturated carbocycles. The minimum atomic E-state index is -0.591. The number of benzene rings is 1. The fraction of sp³-hybridized carbons (Fsp3) is 0.333. The summed E-state index contributed by atoms with van der Waals surface area (Å²) in [5, 5.41) is 3.87. The molecule has 0 aliphatic heterocycles. The van der Waals surface area contributed by atoms with Crippen molar-refractivity contribution in [3.8, 4) is 0 Å². The molecule has 1 atom stereocenters. The van der Waals surface area contributed by atoms with E-state index in [1.54, 1.807) is 6.07 Å². The number of aromatic nitrogens is 2. The number of nitrogens with zero attached hydrogens (tertiary/aromatic N) is 2. The maximum absolute atomic E-state index is 13.2. The highest BCUT2D eigenvalue weighted by atomic mass is 79.9. The zero-order chi connectivity index (χ0) is 12.7. The van der Waals surface area contributed by atoms with E-state index in [1.807, 2.05) is 0 Å². The molecule has 6 heteroatoms. The van der Waals surface area contributed by atoms with E-state index in [4.69, 9.17) is 10.3 Å². The summed E-state index contributed by atoms with van der Waals surface area (Å²) >= 11 is 3.34. The molecule has 0 spiro atoms. The van der Waals surface area contributed by atoms with Crippen molar-refractivity contribution in [3.05, 3.63) is 45.8 Å². The molecule has 2 N–H and O–H groups in total. The van der Waals surface area contributed by atoms with E-state index in [9.17, 15) is 4.39 Å². The number of halogens is 2. The van der Waals surface area contributed by atoms with Crippen LogP contribution in [0.2, 0.25) is 0 Å². The molecule has 1 heterocycles. The van der Waals surface area contributed by atoms with Gasteiger partial charge in [-0.1, -0.05) is 21.1 Å². The normalized spacial score (nSPS) is 16.8. The van der Waals surface area contributed by atoms with Gasteiger partial charge in [-0.3, -0.25) is 0 Å². The lowest BCUT2D eigenvalue weighted by molar-refractivity contribution is 0.372. The van der Waals surface area contributed by atoms with Crippen LogP contribution in [-0.4, -0.2) is 10.1 Å². The van der Waals surface area contributed by atoms with Crippen LogP contribution in [0.5, 0.6) is 0 Å². The second kappa shape index (κ2) is 4.44. The quantitative estimate of drug-likeness (QED) is 0.946. The van der Waals surface area contributed by atoms with Crippen LogP contribution in [0.3, 0.4) is 0 Å². The van der Waals surface area contributed by atoms with Crippen LogP contribution in [0, 0.1) is 5.82 Å². The molecule has 94 valence electrons. The maximum atomic E-state index is 13.2. The Balaban J connectivity index is 1.92. The van der Waals surface area contributed by atoms with Crippen LogP contribution >= 0.6 is 15.9 Å². The summed E-state index contributed by atoms with van der Waals surface area (Å²) < 4.78 is 19.1. The van der Waals surface area contributed by atoms with Gasteiger partial charge >= 0.3 is 0 Å². The standard InChI is InChI=1S/C12H11BrFN3O/c13-9-4-3-7(14)5-8(9)10(15)11-16-12(18-17-11)6-1-2-6/h3-6,10H,1-2,15H2. The topological polar surface area (TPSA) is 64.9 Å². The number of hydrogen-bond acceptors (Lipinski definition) is 4. The van der Waals surface area contributed by atoms with Crippen LogP contribution in [0.15, 0.2) is 27.2 Å². The molecular weight excluding hydrogens is 301 g/mol. The minimum Gasteiger partial charge on any atom is -0.339 e. The van der Waals surface area contributed by atoms with E-state index in [2.05, 4.69) is 26.1 Å². The van der Waals surface area contributed by atoms with Gasteiger partial charge in [-0.25, -0.2) is 4.39 Å². The average Bonchev–Trinajstić information content (AvgIpc) is 3.09. The molecule has 0 saturated heterocycles. The van der Waals surface area contributed by atoms with E-state index in [0.29, 0.717) is 23.2 Å². The molecule has 4 nitrogen and oxygen atoms in total. The Hall–Kier alpha value is -1.27. The van der Waals surface area contributed by atoms with Gasteiger partial charge in [-0.05, 0) is 36.6 Å². The van der Waals surface area contributed by atoms with Gasteiger partial charge in [0, 0.05) is 10.4 Å². The molecule has 2 aromatic rings. The Kier molecular flexibility index (Phi) is 2.91. The van der Waals surface area contributed by atoms with Crippen molar-refractivity contribution in [2.24, 2.45) is 5.73 Å². The summed E-state index contributed by atoms with van der Waals surface area (Å²) in [4.78, 5) is 4.27. The molecule has 18 heavy (non-hydrogen) atoms. The number of rotatable bonds is 3. The maximum Gasteiger partial charge on any atom is 0.229 e. The van der Waals surface area contributed by atoms with Gasteiger partial charge in [0.05, 0.1) is 6.04 Å². The van der Waals surface area contributed by atoms with E-state index < -0.39 is 6.04 Å². The Bertz CT molecular complexity index is 582. The van der Waals surface area contributed by atoms with Gasteiger partial charge < -0.3 is 10.3 Å². The van der Waals surface area contributed by atoms with Crippen molar-refractivity contribution in [2.45, 2.75) is 24.8 Å². The lowest BCUT2D eigenvalue weighted by Gasteiger charge is -2.09. The molecule has 1 aromatic carbocycles. The van der Waals surface area contributed by atoms with Crippen LogP contribution in [0.25, 0.3) is 0 Å². The molecule has 1 aliphatic rings. The first-order valence-corrected chi connectivity index (χ1v) is 6.48. The predicted octanol–water partition coefficient (Wildman–Crippen LogP) is 2.90. The van der Waals surface area contributed by atoms with Crippen molar-refractivity contribution in [2.75, 3.05) is 0 Å². The smallest absolute Gasteiger partial charge is 0.229 e. The van der Waals surface area contributed by atoms with E-state index >= 15 is 0 Å². The SMILES string of the molecule is NC(c1noc(C2CC2)n1)c1cc(F)ccc1Br. The molecule has 3 rings (SSSR count). The molecular formula is C12H11BrFN3O. The van der Waals surface area contributed by atoms with Crippen molar-refractivity contribution >= 4 is 15.9 Å². The number of hydrogen-bond donors (Lipinski definition) is 1. The van der Waals surface area contributed by atoms with Crippen LogP contribution < -0.4 is 5.73 Å². The van der Waals surface area contributed by atoms with Crippen molar-refractivity contribution in [3.63, 3.8) is 0 Å². The Morgan fingerprint density at radius 2 is 2.22 bits per heavy atom. The van der Waals surface area contributed by atoms with Gasteiger partial charge in [0.2, 0.25) is 5.89 Å². The second-order valence-corrected chi connectivity index (χ2v) is 5.26. The van der Waals surface area contributed by atoms with Gasteiger partial charge in [-0.15, -0.1) is 0 Å². The fourth-order valence-corrected chi connectivity index (χ4v) is 2.25. The third-order valence-corrected chi connectivity index (χ3v) is 3.68. The lowest BCUT2D eigenvalue weighted by atomic mass is 10.1. The van der Waals surface area contributed by atoms with Crippen LogP contribution in [-0.2, 0) is 0 Å². The molecule has 0 radical (unpaired) electrons. The molecule has 0 amide bonds. The highest BCUT2D eigenvalue weighted by molar-refractivity contribution is 9.10. The van der Waals surface area contributed by atoms with Gasteiger partial charge in [0.25, 0.3) is 0 Å². The van der Waals surface area contributed by atoms with E-state index in [0.717, 1.165) is 17.3 Å². The molecule has 0 bridgehead atoms. The first-order chi connectivity index (χ1) is 8.65. The zero-order valence-corrected chi connectivity index (χ0v) is 11.0. The summed E-state index contributed by atoms with van der Waals surface area (Å²) in [6.45, 7) is 0. The first-order valence-electron chi connectivity index (χ1n) is 5.69. The second-order valence-electron chi connectivity index (χ2n) is 4.41. The minimum absolute atomic E-state index is 0.338. The highest BCUT2D eigenvalue weighted by Crippen LogP contribution is 2.39. The van der Waals surface area contributed by atoms with Crippen LogP contribution in [0.1, 0.15) is 42.1 Å². The summed E-state index contributed by atoms with van der Waals surface area (Å²) in [6.07, 6.45) is 2.17. The van der Waals surface area contributed by atoms with Crippen molar-refractivity contribution < 1.29 is 8.91 Å². The van der Waals surface area contributed by atoms with Crippen molar-refractivity contribution in [1.29, 1.82) is 0 Å². The van der Waals surface area contributed by atoms with Gasteiger partial charge in [-0.2, -0.15) is 4.98 Å². The first kappa shape index (κ1) is 11.8. The third kappa shape index (κ3) is 2.18. The summed E-state index contributed by atoms with van der Waals surface area (Å²) in [5.74, 6) is 1.07. The lowest BCUT2D eigenvalue weighted by Crippen LogP contribution is -2.14.